The smallest absolute Gasteiger partial charge is 0.311 e. The highest BCUT2D eigenvalue weighted by atomic mass is 16.6. The Labute approximate surface area is 123 Å². The molecule has 0 spiro atoms. The van der Waals surface area contributed by atoms with E-state index in [0.717, 1.165) is 16.7 Å². The molecular formula is C16H18N2O3. The molecule has 110 valence electrons. The van der Waals surface area contributed by atoms with E-state index in [1.165, 1.54) is 6.07 Å². The van der Waals surface area contributed by atoms with Crippen molar-refractivity contribution in [3.05, 3.63) is 68.8 Å². The molecule has 0 fully saturated rings. The summed E-state index contributed by atoms with van der Waals surface area (Å²) < 4.78 is 5.61. The molecule has 0 saturated heterocycles. The average Bonchev–Trinajstić information content (AvgIpc) is 2.43. The van der Waals surface area contributed by atoms with Gasteiger partial charge >= 0.3 is 5.69 Å². The molecule has 2 aromatic carbocycles. The minimum atomic E-state index is -0.448. The van der Waals surface area contributed by atoms with Crippen LogP contribution in [0.25, 0.3) is 0 Å². The van der Waals surface area contributed by atoms with Crippen LogP contribution in [0.1, 0.15) is 22.3 Å². The van der Waals surface area contributed by atoms with E-state index in [4.69, 9.17) is 10.5 Å². The zero-order valence-corrected chi connectivity index (χ0v) is 12.1. The van der Waals surface area contributed by atoms with Gasteiger partial charge in [-0.05, 0) is 31.0 Å². The van der Waals surface area contributed by atoms with Crippen LogP contribution >= 0.6 is 0 Å². The summed E-state index contributed by atoms with van der Waals surface area (Å²) >= 11 is 0. The van der Waals surface area contributed by atoms with Crippen LogP contribution in [0.5, 0.6) is 5.75 Å². The maximum Gasteiger partial charge on any atom is 0.311 e. The predicted molar refractivity (Wildman–Crippen MR) is 81.2 cm³/mol. The quantitative estimate of drug-likeness (QED) is 0.676. The van der Waals surface area contributed by atoms with E-state index < -0.39 is 4.92 Å². The van der Waals surface area contributed by atoms with Gasteiger partial charge in [-0.25, -0.2) is 0 Å². The Morgan fingerprint density at radius 2 is 1.76 bits per heavy atom. The van der Waals surface area contributed by atoms with Crippen molar-refractivity contribution >= 4 is 5.69 Å². The van der Waals surface area contributed by atoms with E-state index in [9.17, 15) is 10.1 Å². The number of nitro groups is 1. The third-order valence-electron chi connectivity index (χ3n) is 3.13. The first kappa shape index (κ1) is 15.0. The van der Waals surface area contributed by atoms with Crippen molar-refractivity contribution in [1.29, 1.82) is 0 Å². The van der Waals surface area contributed by atoms with E-state index in [2.05, 4.69) is 6.07 Å². The van der Waals surface area contributed by atoms with Crippen molar-refractivity contribution in [3.8, 4) is 5.75 Å². The predicted octanol–water partition coefficient (Wildman–Crippen LogP) is 3.25. The summed E-state index contributed by atoms with van der Waals surface area (Å²) in [6, 6.07) is 10.9. The van der Waals surface area contributed by atoms with Crippen LogP contribution < -0.4 is 10.5 Å². The number of benzene rings is 2. The molecule has 2 N–H and O–H groups in total. The standard InChI is InChI=1S/C16H18N2O3/c1-11-5-12(2)7-14(6-11)10-21-16-4-3-13(9-17)8-15(16)18(19)20/h3-8H,9-10,17H2,1-2H3. The third-order valence-corrected chi connectivity index (χ3v) is 3.13. The number of nitrogens with two attached hydrogens (primary N) is 1. The lowest BCUT2D eigenvalue weighted by molar-refractivity contribution is -0.386. The molecule has 0 aliphatic rings. The number of rotatable bonds is 5. The Morgan fingerprint density at radius 1 is 1.10 bits per heavy atom. The van der Waals surface area contributed by atoms with Gasteiger partial charge in [-0.2, -0.15) is 0 Å². The van der Waals surface area contributed by atoms with Gasteiger partial charge in [0.2, 0.25) is 0 Å². The van der Waals surface area contributed by atoms with Crippen LogP contribution in [-0.2, 0) is 13.2 Å². The van der Waals surface area contributed by atoms with Crippen LogP contribution in [0.3, 0.4) is 0 Å². The van der Waals surface area contributed by atoms with Gasteiger partial charge in [-0.1, -0.05) is 35.4 Å². The number of nitro benzene ring substituents is 1. The van der Waals surface area contributed by atoms with Crippen molar-refractivity contribution in [1.82, 2.24) is 0 Å². The molecule has 0 radical (unpaired) electrons. The Hall–Kier alpha value is -2.40. The molecule has 0 aromatic heterocycles. The van der Waals surface area contributed by atoms with Gasteiger partial charge in [0.15, 0.2) is 5.75 Å². The molecule has 2 aromatic rings. The molecular weight excluding hydrogens is 268 g/mol. The fraction of sp³-hybridized carbons (Fsp3) is 0.250. The van der Waals surface area contributed by atoms with Crippen molar-refractivity contribution in [3.63, 3.8) is 0 Å². The molecule has 0 bridgehead atoms. The summed E-state index contributed by atoms with van der Waals surface area (Å²) in [5.74, 6) is 0.261. The van der Waals surface area contributed by atoms with Gasteiger partial charge in [-0.15, -0.1) is 0 Å². The minimum absolute atomic E-state index is 0.0534. The van der Waals surface area contributed by atoms with Gasteiger partial charge < -0.3 is 10.5 Å². The summed E-state index contributed by atoms with van der Waals surface area (Å²) in [6.07, 6.45) is 0. The number of nitrogens with zero attached hydrogens (tertiary/aromatic N) is 1. The number of ether oxygens (including phenoxy) is 1. The van der Waals surface area contributed by atoms with Crippen LogP contribution in [0.15, 0.2) is 36.4 Å². The third kappa shape index (κ3) is 3.79. The Bertz CT molecular complexity index is 648. The summed E-state index contributed by atoms with van der Waals surface area (Å²) in [7, 11) is 0. The lowest BCUT2D eigenvalue weighted by Crippen LogP contribution is -2.02. The number of hydrogen-bond donors (Lipinski definition) is 1. The van der Waals surface area contributed by atoms with Crippen LogP contribution in [-0.4, -0.2) is 4.92 Å². The first-order chi connectivity index (χ1) is 9.99. The molecule has 5 heteroatoms. The largest absolute Gasteiger partial charge is 0.482 e. The van der Waals surface area contributed by atoms with E-state index in [1.54, 1.807) is 12.1 Å². The second kappa shape index (κ2) is 6.37. The van der Waals surface area contributed by atoms with Gasteiger partial charge in [-0.3, -0.25) is 10.1 Å². The van der Waals surface area contributed by atoms with Crippen LogP contribution in [0, 0.1) is 24.0 Å². The zero-order chi connectivity index (χ0) is 15.4. The monoisotopic (exact) mass is 286 g/mol. The van der Waals surface area contributed by atoms with Crippen molar-refractivity contribution in [2.24, 2.45) is 5.73 Å². The van der Waals surface area contributed by atoms with Crippen LogP contribution in [0.2, 0.25) is 0 Å². The summed E-state index contributed by atoms with van der Waals surface area (Å²) in [4.78, 5) is 10.6. The summed E-state index contributed by atoms with van der Waals surface area (Å²) in [5, 5.41) is 11.1. The molecule has 5 nitrogen and oxygen atoms in total. The lowest BCUT2D eigenvalue weighted by atomic mass is 10.1. The zero-order valence-electron chi connectivity index (χ0n) is 12.1. The molecule has 0 heterocycles. The Balaban J connectivity index is 2.21. The number of hydrogen-bond acceptors (Lipinski definition) is 4. The average molecular weight is 286 g/mol. The van der Waals surface area contributed by atoms with Crippen molar-refractivity contribution < 1.29 is 9.66 Å². The molecule has 21 heavy (non-hydrogen) atoms. The minimum Gasteiger partial charge on any atom is -0.482 e. The normalized spacial score (nSPS) is 10.4. The first-order valence-electron chi connectivity index (χ1n) is 6.67. The van der Waals surface area contributed by atoms with Crippen molar-refractivity contribution in [2.45, 2.75) is 27.0 Å². The highest BCUT2D eigenvalue weighted by Gasteiger charge is 2.15. The maximum absolute atomic E-state index is 11.1. The number of aryl methyl sites for hydroxylation is 2. The van der Waals surface area contributed by atoms with Gasteiger partial charge in [0, 0.05) is 12.6 Å². The van der Waals surface area contributed by atoms with Gasteiger partial charge in [0.1, 0.15) is 6.61 Å². The van der Waals surface area contributed by atoms with Gasteiger partial charge in [0.05, 0.1) is 4.92 Å². The van der Waals surface area contributed by atoms with E-state index in [-0.39, 0.29) is 18.0 Å². The second-order valence-corrected chi connectivity index (χ2v) is 5.05. The maximum atomic E-state index is 11.1. The summed E-state index contributed by atoms with van der Waals surface area (Å²) in [5.41, 5.74) is 9.43. The van der Waals surface area contributed by atoms with Crippen LogP contribution in [0.4, 0.5) is 5.69 Å². The molecule has 0 atom stereocenters. The second-order valence-electron chi connectivity index (χ2n) is 5.05. The summed E-state index contributed by atoms with van der Waals surface area (Å²) in [6.45, 7) is 4.58. The SMILES string of the molecule is Cc1cc(C)cc(COc2ccc(CN)cc2[N+](=O)[O-])c1. The van der Waals surface area contributed by atoms with Gasteiger partial charge in [0.25, 0.3) is 0 Å². The Morgan fingerprint density at radius 3 is 2.33 bits per heavy atom. The molecule has 0 saturated carbocycles. The molecule has 0 aliphatic carbocycles. The highest BCUT2D eigenvalue weighted by molar-refractivity contribution is 5.48. The lowest BCUT2D eigenvalue weighted by Gasteiger charge is -2.09. The Kier molecular flexibility index (Phi) is 4.55. The molecule has 2 rings (SSSR count). The fourth-order valence-corrected chi connectivity index (χ4v) is 2.27. The highest BCUT2D eigenvalue weighted by Crippen LogP contribution is 2.28. The van der Waals surface area contributed by atoms with E-state index in [0.29, 0.717) is 12.2 Å². The van der Waals surface area contributed by atoms with E-state index >= 15 is 0 Å². The molecule has 0 unspecified atom stereocenters. The van der Waals surface area contributed by atoms with Crippen molar-refractivity contribution in [2.75, 3.05) is 0 Å². The fourth-order valence-electron chi connectivity index (χ4n) is 2.27. The van der Waals surface area contributed by atoms with E-state index in [1.807, 2.05) is 26.0 Å². The first-order valence-corrected chi connectivity index (χ1v) is 6.67. The molecule has 0 amide bonds. The topological polar surface area (TPSA) is 78.4 Å². The molecule has 0 aliphatic heterocycles.